The van der Waals surface area contributed by atoms with Crippen LogP contribution in [0.25, 0.3) is 0 Å². The van der Waals surface area contributed by atoms with Gasteiger partial charge in [-0.1, -0.05) is 12.1 Å². The third-order valence-electron chi connectivity index (χ3n) is 6.47. The molecule has 0 saturated heterocycles. The van der Waals surface area contributed by atoms with Crippen LogP contribution in [-0.2, 0) is 17.6 Å². The molecule has 1 aromatic heterocycles. The maximum atomic E-state index is 12.8. The number of hydrogen-bond acceptors (Lipinski definition) is 5. The molecule has 1 N–H and O–H groups in total. The molecule has 30 heavy (non-hydrogen) atoms. The Kier molecular flexibility index (Phi) is 4.97. The van der Waals surface area contributed by atoms with Crippen molar-refractivity contribution in [2.45, 2.75) is 76.2 Å². The molecule has 2 atom stereocenters. The largest absolute Gasteiger partial charge is 0.482 e. The van der Waals surface area contributed by atoms with E-state index in [2.05, 4.69) is 10.4 Å². The Morgan fingerprint density at radius 3 is 2.60 bits per heavy atom. The number of aromatic nitrogens is 2. The van der Waals surface area contributed by atoms with E-state index in [4.69, 9.17) is 9.47 Å². The summed E-state index contributed by atoms with van der Waals surface area (Å²) in [5, 5.41) is 7.77. The second-order valence-electron chi connectivity index (χ2n) is 8.57. The molecule has 1 aromatic carbocycles. The maximum Gasteiger partial charge on any atom is 0.267 e. The SMILES string of the molecule is CC1Oc2ccccc2OC1C(=O)NC1CCC(n2nc3c(cc2=O)CCC3)CC1. The molecular formula is C23H27N3O4. The molecule has 3 aliphatic rings. The number of amides is 1. The summed E-state index contributed by atoms with van der Waals surface area (Å²) >= 11 is 0. The number of fused-ring (bicyclic) bond motifs is 2. The van der Waals surface area contributed by atoms with Crippen LogP contribution in [0.5, 0.6) is 11.5 Å². The molecule has 0 bridgehead atoms. The molecule has 7 heteroatoms. The Bertz CT molecular complexity index is 1010. The van der Waals surface area contributed by atoms with Gasteiger partial charge in [-0.15, -0.1) is 0 Å². The Balaban J connectivity index is 1.20. The van der Waals surface area contributed by atoms with E-state index >= 15 is 0 Å². The predicted octanol–water partition coefficient (Wildman–Crippen LogP) is 2.56. The van der Waals surface area contributed by atoms with Crippen molar-refractivity contribution in [2.24, 2.45) is 0 Å². The minimum absolute atomic E-state index is 0.00313. The Labute approximate surface area is 175 Å². The number of hydrogen-bond donors (Lipinski definition) is 1. The number of nitrogens with one attached hydrogen (secondary N) is 1. The summed E-state index contributed by atoms with van der Waals surface area (Å²) in [6, 6.07) is 9.36. The number of benzene rings is 1. The minimum Gasteiger partial charge on any atom is -0.482 e. The van der Waals surface area contributed by atoms with Crippen LogP contribution in [0.1, 0.15) is 56.3 Å². The normalized spacial score (nSPS) is 27.4. The summed E-state index contributed by atoms with van der Waals surface area (Å²) in [6.45, 7) is 1.85. The first-order chi connectivity index (χ1) is 14.6. The van der Waals surface area contributed by atoms with Gasteiger partial charge in [-0.2, -0.15) is 5.10 Å². The van der Waals surface area contributed by atoms with E-state index in [0.29, 0.717) is 11.5 Å². The zero-order valence-corrected chi connectivity index (χ0v) is 17.2. The van der Waals surface area contributed by atoms with Gasteiger partial charge in [-0.25, -0.2) is 4.68 Å². The molecule has 1 fully saturated rings. The van der Waals surface area contributed by atoms with Crippen LogP contribution in [0, 0.1) is 0 Å². The van der Waals surface area contributed by atoms with Crippen molar-refractivity contribution in [2.75, 3.05) is 0 Å². The van der Waals surface area contributed by atoms with Crippen molar-refractivity contribution in [1.29, 1.82) is 0 Å². The van der Waals surface area contributed by atoms with Gasteiger partial charge in [0.1, 0.15) is 6.10 Å². The van der Waals surface area contributed by atoms with Crippen molar-refractivity contribution in [3.8, 4) is 11.5 Å². The molecule has 0 spiro atoms. The monoisotopic (exact) mass is 409 g/mol. The third-order valence-corrected chi connectivity index (χ3v) is 6.47. The first-order valence-electron chi connectivity index (χ1n) is 10.9. The minimum atomic E-state index is -0.668. The molecule has 0 radical (unpaired) electrons. The first-order valence-corrected chi connectivity index (χ1v) is 10.9. The number of ether oxygens (including phenoxy) is 2. The van der Waals surface area contributed by atoms with Crippen molar-refractivity contribution in [1.82, 2.24) is 15.1 Å². The van der Waals surface area contributed by atoms with Gasteiger partial charge in [-0.05, 0) is 69.6 Å². The van der Waals surface area contributed by atoms with E-state index in [1.807, 2.05) is 31.2 Å². The van der Waals surface area contributed by atoms with Gasteiger partial charge in [-0.3, -0.25) is 9.59 Å². The summed E-state index contributed by atoms with van der Waals surface area (Å²) < 4.78 is 13.4. The number of carbonyl (C=O) groups is 1. The molecule has 5 rings (SSSR count). The lowest BCUT2D eigenvalue weighted by Crippen LogP contribution is -2.52. The lowest BCUT2D eigenvalue weighted by atomic mass is 9.91. The lowest BCUT2D eigenvalue weighted by molar-refractivity contribution is -0.134. The quantitative estimate of drug-likeness (QED) is 0.843. The topological polar surface area (TPSA) is 82.4 Å². The molecule has 2 aromatic rings. The fraction of sp³-hybridized carbons (Fsp3) is 0.522. The van der Waals surface area contributed by atoms with Crippen LogP contribution in [0.3, 0.4) is 0 Å². The maximum absolute atomic E-state index is 12.8. The molecule has 2 unspecified atom stereocenters. The van der Waals surface area contributed by atoms with Gasteiger partial charge in [0.05, 0.1) is 11.7 Å². The van der Waals surface area contributed by atoms with Gasteiger partial charge in [0, 0.05) is 12.1 Å². The van der Waals surface area contributed by atoms with Crippen molar-refractivity contribution >= 4 is 5.91 Å². The molecule has 1 amide bonds. The average molecular weight is 409 g/mol. The Morgan fingerprint density at radius 2 is 1.83 bits per heavy atom. The smallest absolute Gasteiger partial charge is 0.267 e. The molecule has 2 heterocycles. The van der Waals surface area contributed by atoms with Gasteiger partial charge < -0.3 is 14.8 Å². The van der Waals surface area contributed by atoms with E-state index in [0.717, 1.165) is 56.2 Å². The highest BCUT2D eigenvalue weighted by Gasteiger charge is 2.36. The van der Waals surface area contributed by atoms with E-state index in [9.17, 15) is 9.59 Å². The number of para-hydroxylation sites is 2. The molecular weight excluding hydrogens is 382 g/mol. The van der Waals surface area contributed by atoms with E-state index in [-0.39, 0.29) is 29.7 Å². The molecule has 1 aliphatic heterocycles. The van der Waals surface area contributed by atoms with Crippen molar-refractivity contribution in [3.63, 3.8) is 0 Å². The summed E-state index contributed by atoms with van der Waals surface area (Å²) in [4.78, 5) is 25.3. The van der Waals surface area contributed by atoms with Gasteiger partial charge in [0.2, 0.25) is 6.10 Å². The Morgan fingerprint density at radius 1 is 1.10 bits per heavy atom. The number of carbonyl (C=O) groups excluding carboxylic acids is 1. The van der Waals surface area contributed by atoms with Gasteiger partial charge in [0.25, 0.3) is 11.5 Å². The number of aryl methyl sites for hydroxylation is 2. The second kappa shape index (κ2) is 7.78. The summed E-state index contributed by atoms with van der Waals surface area (Å²) in [5.41, 5.74) is 2.19. The fourth-order valence-electron chi connectivity index (χ4n) is 4.83. The van der Waals surface area contributed by atoms with E-state index < -0.39 is 6.10 Å². The van der Waals surface area contributed by atoms with E-state index in [1.165, 1.54) is 0 Å². The Hall–Kier alpha value is -2.83. The van der Waals surface area contributed by atoms with Gasteiger partial charge in [0.15, 0.2) is 11.5 Å². The highest BCUT2D eigenvalue weighted by Crippen LogP contribution is 2.34. The highest BCUT2D eigenvalue weighted by atomic mass is 16.6. The predicted molar refractivity (Wildman–Crippen MR) is 111 cm³/mol. The number of nitrogens with zero attached hydrogens (tertiary/aromatic N) is 2. The second-order valence-corrected chi connectivity index (χ2v) is 8.57. The van der Waals surface area contributed by atoms with Crippen LogP contribution in [0.4, 0.5) is 0 Å². The molecule has 1 saturated carbocycles. The summed E-state index contributed by atoms with van der Waals surface area (Å²) in [7, 11) is 0. The molecule has 7 nitrogen and oxygen atoms in total. The van der Waals surface area contributed by atoms with Crippen LogP contribution >= 0.6 is 0 Å². The zero-order chi connectivity index (χ0) is 20.7. The zero-order valence-electron chi connectivity index (χ0n) is 17.2. The van der Waals surface area contributed by atoms with Crippen LogP contribution in [0.15, 0.2) is 35.1 Å². The van der Waals surface area contributed by atoms with Crippen LogP contribution in [0.2, 0.25) is 0 Å². The average Bonchev–Trinajstić information content (AvgIpc) is 3.20. The third kappa shape index (κ3) is 3.57. The highest BCUT2D eigenvalue weighted by molar-refractivity contribution is 5.82. The fourth-order valence-corrected chi connectivity index (χ4v) is 4.83. The first kappa shape index (κ1) is 19.2. The molecule has 2 aliphatic carbocycles. The van der Waals surface area contributed by atoms with E-state index in [1.54, 1.807) is 10.7 Å². The van der Waals surface area contributed by atoms with Crippen molar-refractivity contribution in [3.05, 3.63) is 51.9 Å². The van der Waals surface area contributed by atoms with Crippen LogP contribution in [-0.4, -0.2) is 33.9 Å². The number of rotatable bonds is 3. The standard InChI is InChI=1S/C23H27N3O4/c1-14-22(30-20-8-3-2-7-19(20)29-14)23(28)24-16-9-11-17(12-10-16)26-21(27)13-15-5-4-6-18(15)25-26/h2-3,7-8,13-14,16-17,22H,4-6,9-12H2,1H3,(H,24,28). The summed E-state index contributed by atoms with van der Waals surface area (Å²) in [5.74, 6) is 1.12. The van der Waals surface area contributed by atoms with Crippen LogP contribution < -0.4 is 20.3 Å². The summed E-state index contributed by atoms with van der Waals surface area (Å²) in [6.07, 6.45) is 5.29. The lowest BCUT2D eigenvalue weighted by Gasteiger charge is -2.34. The van der Waals surface area contributed by atoms with Gasteiger partial charge >= 0.3 is 0 Å². The van der Waals surface area contributed by atoms with Crippen molar-refractivity contribution < 1.29 is 14.3 Å². The molecule has 158 valence electrons.